The van der Waals surface area contributed by atoms with Crippen molar-refractivity contribution in [3.8, 4) is 0 Å². The van der Waals surface area contributed by atoms with Gasteiger partial charge in [0.2, 0.25) is 0 Å². The van der Waals surface area contributed by atoms with E-state index >= 15 is 0 Å². The summed E-state index contributed by atoms with van der Waals surface area (Å²) in [6.07, 6.45) is 4.99. The highest BCUT2D eigenvalue weighted by atomic mass is 14.7. The third-order valence-electron chi connectivity index (χ3n) is 1.38. The second-order valence-electron chi connectivity index (χ2n) is 2.15. The summed E-state index contributed by atoms with van der Waals surface area (Å²) in [4.78, 5) is 4.05. The van der Waals surface area contributed by atoms with Crippen molar-refractivity contribution in [1.82, 2.24) is 4.98 Å². The molecule has 0 aliphatic carbocycles. The lowest BCUT2D eigenvalue weighted by Crippen LogP contribution is -1.91. The van der Waals surface area contributed by atoms with Crippen molar-refractivity contribution < 1.29 is 0 Å². The third kappa shape index (κ3) is 1.46. The van der Waals surface area contributed by atoms with E-state index in [1.54, 1.807) is 18.3 Å². The molecular weight excluding hydrogens is 136 g/mol. The molecule has 2 nitrogen and oxygen atoms in total. The summed E-state index contributed by atoms with van der Waals surface area (Å²) in [6, 6.07) is 1.82. The van der Waals surface area contributed by atoms with Crippen molar-refractivity contribution in [2.75, 3.05) is 5.73 Å². The van der Waals surface area contributed by atoms with Crippen LogP contribution in [0.5, 0.6) is 0 Å². The zero-order valence-electron chi connectivity index (χ0n) is 6.25. The Labute approximate surface area is 66.1 Å². The van der Waals surface area contributed by atoms with E-state index < -0.39 is 0 Å². The van der Waals surface area contributed by atoms with E-state index in [0.29, 0.717) is 5.69 Å². The number of aromatic nitrogens is 1. The molecule has 56 valence electrons. The second kappa shape index (κ2) is 3.01. The summed E-state index contributed by atoms with van der Waals surface area (Å²) in [5.41, 5.74) is 7.89. The van der Waals surface area contributed by atoms with Gasteiger partial charge < -0.3 is 5.73 Å². The molecule has 0 spiro atoms. The first-order chi connectivity index (χ1) is 5.27. The Morgan fingerprint density at radius 2 is 2.09 bits per heavy atom. The number of nitrogen functional groups attached to an aromatic ring is 1. The van der Waals surface area contributed by atoms with Gasteiger partial charge in [0.1, 0.15) is 0 Å². The zero-order chi connectivity index (χ0) is 8.27. The number of nitrogens with zero attached hydrogens (tertiary/aromatic N) is 1. The van der Waals surface area contributed by atoms with Gasteiger partial charge in [0, 0.05) is 5.56 Å². The first-order valence-corrected chi connectivity index (χ1v) is 3.28. The molecule has 0 aliphatic rings. The van der Waals surface area contributed by atoms with Gasteiger partial charge in [-0.2, -0.15) is 0 Å². The van der Waals surface area contributed by atoms with Gasteiger partial charge >= 0.3 is 0 Å². The SMILES string of the molecule is C=Cc1cc(N)cnc1C=C. The van der Waals surface area contributed by atoms with Crippen LogP contribution in [0.15, 0.2) is 25.4 Å². The highest BCUT2D eigenvalue weighted by molar-refractivity contribution is 5.63. The van der Waals surface area contributed by atoms with Crippen LogP contribution in [0.2, 0.25) is 0 Å². The van der Waals surface area contributed by atoms with E-state index in [4.69, 9.17) is 5.73 Å². The van der Waals surface area contributed by atoms with Crippen LogP contribution >= 0.6 is 0 Å². The first-order valence-electron chi connectivity index (χ1n) is 3.28. The van der Waals surface area contributed by atoms with E-state index in [9.17, 15) is 0 Å². The molecule has 2 N–H and O–H groups in total. The highest BCUT2D eigenvalue weighted by Crippen LogP contribution is 2.11. The quantitative estimate of drug-likeness (QED) is 0.692. The molecule has 0 saturated heterocycles. The molecule has 11 heavy (non-hydrogen) atoms. The van der Waals surface area contributed by atoms with Crippen molar-refractivity contribution in [2.45, 2.75) is 0 Å². The maximum atomic E-state index is 5.51. The maximum Gasteiger partial charge on any atom is 0.0697 e. The van der Waals surface area contributed by atoms with Crippen molar-refractivity contribution >= 4 is 17.8 Å². The Kier molecular flexibility index (Phi) is 2.06. The van der Waals surface area contributed by atoms with Crippen LogP contribution in [0.25, 0.3) is 12.2 Å². The normalized spacial score (nSPS) is 9.09. The van der Waals surface area contributed by atoms with Crippen LogP contribution in [-0.2, 0) is 0 Å². The molecule has 0 unspecified atom stereocenters. The van der Waals surface area contributed by atoms with Crippen molar-refractivity contribution in [3.63, 3.8) is 0 Å². The predicted octanol–water partition coefficient (Wildman–Crippen LogP) is 1.95. The molecule has 0 amide bonds. The van der Waals surface area contributed by atoms with Crippen LogP contribution in [-0.4, -0.2) is 4.98 Å². The van der Waals surface area contributed by atoms with Crippen LogP contribution in [0.4, 0.5) is 5.69 Å². The van der Waals surface area contributed by atoms with Crippen LogP contribution < -0.4 is 5.73 Å². The maximum absolute atomic E-state index is 5.51. The molecule has 1 aromatic heterocycles. The third-order valence-corrected chi connectivity index (χ3v) is 1.38. The summed E-state index contributed by atoms with van der Waals surface area (Å²) in [5.74, 6) is 0. The van der Waals surface area contributed by atoms with Crippen LogP contribution in [0, 0.1) is 0 Å². The fourth-order valence-corrected chi connectivity index (χ4v) is 0.843. The van der Waals surface area contributed by atoms with Crippen molar-refractivity contribution in [2.24, 2.45) is 0 Å². The molecule has 0 aliphatic heterocycles. The van der Waals surface area contributed by atoms with Gasteiger partial charge in [-0.05, 0) is 12.1 Å². The van der Waals surface area contributed by atoms with Gasteiger partial charge in [-0.3, -0.25) is 4.98 Å². The Bertz CT molecular complexity index is 290. The molecule has 0 aromatic carbocycles. The molecule has 0 radical (unpaired) electrons. The molecular formula is C9H10N2. The van der Waals surface area contributed by atoms with Gasteiger partial charge in [-0.1, -0.05) is 19.2 Å². The zero-order valence-corrected chi connectivity index (χ0v) is 6.25. The van der Waals surface area contributed by atoms with Gasteiger partial charge in [0.05, 0.1) is 17.6 Å². The first kappa shape index (κ1) is 7.54. The summed E-state index contributed by atoms with van der Waals surface area (Å²) in [6.45, 7) is 7.26. The summed E-state index contributed by atoms with van der Waals surface area (Å²) in [7, 11) is 0. The Balaban J connectivity index is 3.26. The largest absolute Gasteiger partial charge is 0.397 e. The van der Waals surface area contributed by atoms with Gasteiger partial charge in [0.25, 0.3) is 0 Å². The number of pyridine rings is 1. The minimum absolute atomic E-state index is 0.644. The van der Waals surface area contributed by atoms with E-state index in [-0.39, 0.29) is 0 Å². The minimum atomic E-state index is 0.644. The lowest BCUT2D eigenvalue weighted by molar-refractivity contribution is 1.29. The van der Waals surface area contributed by atoms with Crippen molar-refractivity contribution in [1.29, 1.82) is 0 Å². The van der Waals surface area contributed by atoms with Crippen LogP contribution in [0.1, 0.15) is 11.3 Å². The Morgan fingerprint density at radius 1 is 1.36 bits per heavy atom. The molecule has 0 bridgehead atoms. The van der Waals surface area contributed by atoms with Gasteiger partial charge in [0.15, 0.2) is 0 Å². The molecule has 0 saturated carbocycles. The predicted molar refractivity (Wildman–Crippen MR) is 48.8 cm³/mol. The van der Waals surface area contributed by atoms with Crippen molar-refractivity contribution in [3.05, 3.63) is 36.7 Å². The number of rotatable bonds is 2. The smallest absolute Gasteiger partial charge is 0.0697 e. The Hall–Kier alpha value is -1.57. The summed E-state index contributed by atoms with van der Waals surface area (Å²) < 4.78 is 0. The molecule has 0 fully saturated rings. The summed E-state index contributed by atoms with van der Waals surface area (Å²) >= 11 is 0. The van der Waals surface area contributed by atoms with E-state index in [0.717, 1.165) is 11.3 Å². The van der Waals surface area contributed by atoms with Gasteiger partial charge in [-0.25, -0.2) is 0 Å². The lowest BCUT2D eigenvalue weighted by Gasteiger charge is -1.99. The van der Waals surface area contributed by atoms with E-state index in [2.05, 4.69) is 18.1 Å². The topological polar surface area (TPSA) is 38.9 Å². The number of nitrogens with two attached hydrogens (primary N) is 1. The summed E-state index contributed by atoms with van der Waals surface area (Å²) in [5, 5.41) is 0. The fraction of sp³-hybridized carbons (Fsp3) is 0. The monoisotopic (exact) mass is 146 g/mol. The average molecular weight is 146 g/mol. The Morgan fingerprint density at radius 3 is 2.64 bits per heavy atom. The standard InChI is InChI=1S/C9H10N2/c1-3-7-5-8(10)6-11-9(7)4-2/h3-6H,1-2,10H2. The van der Waals surface area contributed by atoms with E-state index in [1.165, 1.54) is 0 Å². The number of hydrogen-bond acceptors (Lipinski definition) is 2. The fourth-order valence-electron chi connectivity index (χ4n) is 0.843. The second-order valence-corrected chi connectivity index (χ2v) is 2.15. The number of anilines is 1. The average Bonchev–Trinajstić information content (AvgIpc) is 2.04. The molecule has 1 aromatic rings. The van der Waals surface area contributed by atoms with E-state index in [1.807, 2.05) is 6.07 Å². The minimum Gasteiger partial charge on any atom is -0.397 e. The highest BCUT2D eigenvalue weighted by Gasteiger charge is 1.95. The molecule has 0 atom stereocenters. The van der Waals surface area contributed by atoms with Gasteiger partial charge in [-0.15, -0.1) is 0 Å². The molecule has 1 heterocycles. The lowest BCUT2D eigenvalue weighted by atomic mass is 10.2. The van der Waals surface area contributed by atoms with Crippen LogP contribution in [0.3, 0.4) is 0 Å². The number of hydrogen-bond donors (Lipinski definition) is 1. The molecule has 2 heteroatoms. The molecule has 1 rings (SSSR count).